The fourth-order valence-electron chi connectivity index (χ4n) is 2.10. The number of hydrogen-bond donors (Lipinski definition) is 0. The first kappa shape index (κ1) is 27.8. The highest BCUT2D eigenvalue weighted by Crippen LogP contribution is 2.05. The molecule has 0 aromatic rings. The second kappa shape index (κ2) is 24.2. The van der Waals surface area contributed by atoms with Gasteiger partial charge in [-0.05, 0) is 66.0 Å². The summed E-state index contributed by atoms with van der Waals surface area (Å²) in [6.45, 7) is 9.28. The summed E-state index contributed by atoms with van der Waals surface area (Å²) in [6, 6.07) is 0. The van der Waals surface area contributed by atoms with E-state index in [9.17, 15) is 0 Å². The van der Waals surface area contributed by atoms with Gasteiger partial charge in [-0.15, -0.1) is 23.1 Å². The van der Waals surface area contributed by atoms with Crippen molar-refractivity contribution in [3.8, 4) is 0 Å². The molecule has 132 valence electrons. The Morgan fingerprint density at radius 1 is 0.591 bits per heavy atom. The van der Waals surface area contributed by atoms with Gasteiger partial charge in [-0.2, -0.15) is 0 Å². The number of hydrogen-bond acceptors (Lipinski definition) is 2. The summed E-state index contributed by atoms with van der Waals surface area (Å²) in [5, 5.41) is 0. The molecule has 0 bridgehead atoms. The molecule has 0 spiro atoms. The Bertz CT molecular complexity index is 148. The van der Waals surface area contributed by atoms with E-state index in [4.69, 9.17) is 0 Å². The molecule has 0 unspecified atom stereocenters. The zero-order valence-electron chi connectivity index (χ0n) is 17.1. The maximum Gasteiger partial charge on any atom is 0.251 e. The van der Waals surface area contributed by atoms with Gasteiger partial charge in [-0.3, -0.25) is 0 Å². The van der Waals surface area contributed by atoms with Gasteiger partial charge >= 0.3 is 0 Å². The van der Waals surface area contributed by atoms with Gasteiger partial charge in [0.2, 0.25) is 0 Å². The van der Waals surface area contributed by atoms with Gasteiger partial charge in [0, 0.05) is 0 Å². The van der Waals surface area contributed by atoms with Crippen molar-refractivity contribution in [3.63, 3.8) is 0 Å². The summed E-state index contributed by atoms with van der Waals surface area (Å²) in [7, 11) is 4.39. The number of nitrogens with zero attached hydrogens (tertiary/aromatic N) is 2. The van der Waals surface area contributed by atoms with E-state index in [1.165, 1.54) is 64.7 Å². The van der Waals surface area contributed by atoms with Crippen LogP contribution in [0.5, 0.6) is 0 Å². The third-order valence-corrected chi connectivity index (χ3v) is 3.16. The number of piperidine rings is 2. The van der Waals surface area contributed by atoms with Crippen molar-refractivity contribution in [2.75, 3.05) is 40.3 Å². The molecular weight excluding hydrogens is 298 g/mol. The monoisotopic (exact) mass is 342 g/mol. The van der Waals surface area contributed by atoms with Gasteiger partial charge in [-0.1, -0.05) is 26.7 Å². The SMILES string of the molecule is CC.CN1CCCCC1.CN1CCCCC1.[CH3][Al].[CH3][Al]([CH3])[CH3]. The lowest BCUT2D eigenvalue weighted by molar-refractivity contribution is 0.277. The molecule has 0 saturated carbocycles. The summed E-state index contributed by atoms with van der Waals surface area (Å²) in [4.78, 5) is 4.78. The molecule has 2 nitrogen and oxygen atoms in total. The predicted molar refractivity (Wildman–Crippen MR) is 109 cm³/mol. The van der Waals surface area contributed by atoms with Crippen molar-refractivity contribution in [1.29, 1.82) is 0 Å². The van der Waals surface area contributed by atoms with Gasteiger partial charge in [0.25, 0.3) is 14.1 Å². The normalized spacial score (nSPS) is 17.8. The Labute approximate surface area is 155 Å². The van der Waals surface area contributed by atoms with Crippen LogP contribution in [0.3, 0.4) is 0 Å². The molecule has 22 heavy (non-hydrogen) atoms. The molecule has 2 saturated heterocycles. The Morgan fingerprint density at radius 3 is 0.864 bits per heavy atom. The van der Waals surface area contributed by atoms with E-state index in [-0.39, 0.29) is 14.1 Å². The van der Waals surface area contributed by atoms with Gasteiger partial charge in [0.05, 0.1) is 0 Å². The van der Waals surface area contributed by atoms with Crippen molar-refractivity contribution in [2.45, 2.75) is 75.5 Å². The summed E-state index contributed by atoms with van der Waals surface area (Å²) >= 11 is 2.28. The first-order valence-corrected chi connectivity index (χ1v) is 14.1. The van der Waals surface area contributed by atoms with E-state index in [1.54, 1.807) is 0 Å². The lowest BCUT2D eigenvalue weighted by Gasteiger charge is -2.20. The molecule has 0 amide bonds. The van der Waals surface area contributed by atoms with Crippen LogP contribution in [0, 0.1) is 0 Å². The van der Waals surface area contributed by atoms with E-state index in [2.05, 4.69) is 57.5 Å². The molecule has 0 aromatic heterocycles. The maximum atomic E-state index is 2.42. The van der Waals surface area contributed by atoms with Gasteiger partial charge in [0.15, 0.2) is 0 Å². The summed E-state index contributed by atoms with van der Waals surface area (Å²) < 4.78 is 0. The topological polar surface area (TPSA) is 6.48 Å². The van der Waals surface area contributed by atoms with Crippen LogP contribution in [0.4, 0.5) is 0 Å². The minimum absolute atomic E-state index is 0.139. The van der Waals surface area contributed by atoms with Gasteiger partial charge in [-0.25, -0.2) is 0 Å². The highest BCUT2D eigenvalue weighted by atomic mass is 27.2. The molecule has 2 aliphatic heterocycles. The average molecular weight is 343 g/mol. The van der Waals surface area contributed by atoms with Crippen molar-refractivity contribution < 1.29 is 0 Å². The van der Waals surface area contributed by atoms with Crippen LogP contribution >= 0.6 is 0 Å². The van der Waals surface area contributed by atoms with Crippen LogP contribution in [0.25, 0.3) is 0 Å². The zero-order valence-corrected chi connectivity index (χ0v) is 19.4. The van der Waals surface area contributed by atoms with E-state index in [1.807, 2.05) is 19.6 Å². The molecule has 2 radical (unpaired) electrons. The molecule has 4 heteroatoms. The Morgan fingerprint density at radius 2 is 0.773 bits per heavy atom. The van der Waals surface area contributed by atoms with E-state index >= 15 is 0 Å². The Kier molecular flexibility index (Phi) is 30.6. The third kappa shape index (κ3) is 29.1. The van der Waals surface area contributed by atoms with Crippen molar-refractivity contribution in [1.82, 2.24) is 9.80 Å². The molecule has 2 fully saturated rings. The first-order valence-electron chi connectivity index (χ1n) is 9.47. The maximum absolute atomic E-state index is 2.42. The number of likely N-dealkylation sites (tertiary alicyclic amines) is 2. The van der Waals surface area contributed by atoms with Crippen LogP contribution in [0.1, 0.15) is 52.4 Å². The average Bonchev–Trinajstić information content (AvgIpc) is 2.53. The van der Waals surface area contributed by atoms with Crippen molar-refractivity contribution >= 4 is 30.4 Å². The zero-order chi connectivity index (χ0) is 17.8. The highest BCUT2D eigenvalue weighted by Gasteiger charge is 2.02. The summed E-state index contributed by atoms with van der Waals surface area (Å²) in [5.41, 5.74) is 0. The highest BCUT2D eigenvalue weighted by molar-refractivity contribution is 6.54. The molecule has 2 rings (SSSR count). The fourth-order valence-corrected chi connectivity index (χ4v) is 2.10. The summed E-state index contributed by atoms with van der Waals surface area (Å²) in [5.74, 6) is 8.83. The van der Waals surface area contributed by atoms with Crippen molar-refractivity contribution in [2.24, 2.45) is 0 Å². The van der Waals surface area contributed by atoms with Crippen LogP contribution in [0.2, 0.25) is 23.1 Å². The predicted octanol–water partition coefficient (Wildman–Crippen LogP) is 4.80. The minimum atomic E-state index is -0.139. The first-order chi connectivity index (χ1) is 10.5. The molecule has 0 aromatic carbocycles. The largest absolute Gasteiger partial charge is 0.306 e. The Hall–Kier alpha value is 0.985. The Balaban J connectivity index is -0.000000228. The lowest BCUT2D eigenvalue weighted by atomic mass is 10.1. The fraction of sp³-hybridized carbons (Fsp3) is 1.00. The molecule has 2 heterocycles. The van der Waals surface area contributed by atoms with Gasteiger partial charge in [0.1, 0.15) is 16.3 Å². The van der Waals surface area contributed by atoms with Crippen LogP contribution in [-0.4, -0.2) is 80.5 Å². The van der Waals surface area contributed by atoms with Crippen LogP contribution < -0.4 is 0 Å². The molecule has 0 aliphatic carbocycles. The van der Waals surface area contributed by atoms with Gasteiger partial charge < -0.3 is 9.80 Å². The third-order valence-electron chi connectivity index (χ3n) is 3.16. The molecule has 0 atom stereocenters. The quantitative estimate of drug-likeness (QED) is 0.583. The second-order valence-corrected chi connectivity index (χ2v) is 9.92. The molecular formula is C18H44Al2N2. The second-order valence-electron chi connectivity index (χ2n) is 6.46. The van der Waals surface area contributed by atoms with E-state index < -0.39 is 0 Å². The smallest absolute Gasteiger partial charge is 0.251 e. The minimum Gasteiger partial charge on any atom is -0.306 e. The van der Waals surface area contributed by atoms with Crippen molar-refractivity contribution in [3.05, 3.63) is 0 Å². The molecule has 0 N–H and O–H groups in total. The van der Waals surface area contributed by atoms with E-state index in [0.29, 0.717) is 0 Å². The standard InChI is InChI=1S/2C6H13N.C2H6.4CH3.2Al/c2*1-7-5-3-2-4-6-7;1-2;;;;;;/h2*2-6H2,1H3;1-2H3;4*1H3;;. The van der Waals surface area contributed by atoms with Crippen LogP contribution in [0.15, 0.2) is 0 Å². The van der Waals surface area contributed by atoms with Crippen LogP contribution in [-0.2, 0) is 0 Å². The van der Waals surface area contributed by atoms with E-state index in [0.717, 1.165) is 0 Å². The lowest BCUT2D eigenvalue weighted by Crippen LogP contribution is -2.24. The summed E-state index contributed by atoms with van der Waals surface area (Å²) in [6.07, 6.45) is 8.55. The molecule has 2 aliphatic rings. The number of rotatable bonds is 0.